The third kappa shape index (κ3) is 3.02. The Morgan fingerprint density at radius 1 is 1.33 bits per heavy atom. The van der Waals surface area contributed by atoms with Crippen LogP contribution >= 0.6 is 34.5 Å². The van der Waals surface area contributed by atoms with E-state index < -0.39 is 5.97 Å². The number of carboxylic acid groups (broad SMARTS) is 1. The number of hydrogen-bond donors (Lipinski definition) is 1. The SMILES string of the molecule is O=C(O)Cc1csc(Cn2cnc3cc(Cl)c(Cl)cc32)n1. The predicted octanol–water partition coefficient (Wildman–Crippen LogP) is 3.48. The smallest absolute Gasteiger partial charge is 0.309 e. The van der Waals surface area contributed by atoms with E-state index in [1.165, 1.54) is 11.3 Å². The van der Waals surface area contributed by atoms with Crippen LogP contribution in [0.4, 0.5) is 0 Å². The van der Waals surface area contributed by atoms with Crippen LogP contribution in [0.25, 0.3) is 11.0 Å². The van der Waals surface area contributed by atoms with Crippen molar-refractivity contribution in [2.24, 2.45) is 0 Å². The maximum Gasteiger partial charge on any atom is 0.309 e. The minimum absolute atomic E-state index is 0.0669. The molecule has 8 heteroatoms. The van der Waals surface area contributed by atoms with Crippen molar-refractivity contribution >= 4 is 51.5 Å². The topological polar surface area (TPSA) is 68.0 Å². The summed E-state index contributed by atoms with van der Waals surface area (Å²) in [5.41, 5.74) is 2.18. The van der Waals surface area contributed by atoms with Crippen molar-refractivity contribution in [1.82, 2.24) is 14.5 Å². The lowest BCUT2D eigenvalue weighted by atomic mass is 10.3. The molecule has 21 heavy (non-hydrogen) atoms. The van der Waals surface area contributed by atoms with Gasteiger partial charge in [0.15, 0.2) is 0 Å². The number of thiazole rings is 1. The Morgan fingerprint density at radius 3 is 2.86 bits per heavy atom. The molecular weight excluding hydrogens is 333 g/mol. The van der Waals surface area contributed by atoms with Crippen LogP contribution in [0.1, 0.15) is 10.7 Å². The summed E-state index contributed by atoms with van der Waals surface area (Å²) in [5.74, 6) is -0.888. The summed E-state index contributed by atoms with van der Waals surface area (Å²) >= 11 is 13.4. The summed E-state index contributed by atoms with van der Waals surface area (Å²) in [6, 6.07) is 3.48. The van der Waals surface area contributed by atoms with Crippen molar-refractivity contribution < 1.29 is 9.90 Å². The van der Waals surface area contributed by atoms with Gasteiger partial charge in [0.1, 0.15) is 5.01 Å². The standard InChI is InChI=1S/C13H9Cl2N3O2S/c14-8-2-10-11(3-9(8)15)18(6-16-10)4-12-17-7(5-21-12)1-13(19)20/h2-3,5-6H,1,4H2,(H,19,20). The minimum Gasteiger partial charge on any atom is -0.481 e. The van der Waals surface area contributed by atoms with Gasteiger partial charge in [-0.25, -0.2) is 9.97 Å². The third-order valence-corrected chi connectivity index (χ3v) is 4.50. The van der Waals surface area contributed by atoms with Crippen LogP contribution in [0.5, 0.6) is 0 Å². The van der Waals surface area contributed by atoms with E-state index in [2.05, 4.69) is 9.97 Å². The summed E-state index contributed by atoms with van der Waals surface area (Å²) in [5, 5.41) is 12.3. The van der Waals surface area contributed by atoms with Gasteiger partial charge in [-0.15, -0.1) is 11.3 Å². The number of carbonyl (C=O) groups is 1. The maximum absolute atomic E-state index is 10.7. The van der Waals surface area contributed by atoms with Crippen LogP contribution in [0, 0.1) is 0 Å². The van der Waals surface area contributed by atoms with E-state index >= 15 is 0 Å². The van der Waals surface area contributed by atoms with Gasteiger partial charge in [-0.3, -0.25) is 4.79 Å². The summed E-state index contributed by atoms with van der Waals surface area (Å²) in [7, 11) is 0. The average Bonchev–Trinajstić information content (AvgIpc) is 2.99. The largest absolute Gasteiger partial charge is 0.481 e. The molecule has 3 rings (SSSR count). The first-order chi connectivity index (χ1) is 10.0. The number of carboxylic acids is 1. The predicted molar refractivity (Wildman–Crippen MR) is 82.3 cm³/mol. The molecule has 0 amide bonds. The van der Waals surface area contributed by atoms with E-state index in [0.717, 1.165) is 16.0 Å². The highest BCUT2D eigenvalue weighted by atomic mass is 35.5. The molecule has 0 bridgehead atoms. The summed E-state index contributed by atoms with van der Waals surface area (Å²) < 4.78 is 1.90. The van der Waals surface area contributed by atoms with Crippen molar-refractivity contribution in [3.8, 4) is 0 Å². The first-order valence-electron chi connectivity index (χ1n) is 5.98. The fraction of sp³-hybridized carbons (Fsp3) is 0.154. The number of benzene rings is 1. The van der Waals surface area contributed by atoms with E-state index in [0.29, 0.717) is 22.3 Å². The molecule has 0 aliphatic rings. The van der Waals surface area contributed by atoms with Crippen molar-refractivity contribution in [2.45, 2.75) is 13.0 Å². The Hall–Kier alpha value is -1.63. The zero-order valence-corrected chi connectivity index (χ0v) is 12.9. The number of rotatable bonds is 4. The number of nitrogens with zero attached hydrogens (tertiary/aromatic N) is 3. The normalized spacial score (nSPS) is 11.1. The molecule has 0 spiro atoms. The van der Waals surface area contributed by atoms with Gasteiger partial charge in [0.2, 0.25) is 0 Å². The number of halogens is 2. The summed E-state index contributed by atoms with van der Waals surface area (Å²) in [6.45, 7) is 0.513. The molecule has 1 aromatic carbocycles. The van der Waals surface area contributed by atoms with E-state index in [1.54, 1.807) is 23.8 Å². The first-order valence-corrected chi connectivity index (χ1v) is 7.61. The lowest BCUT2D eigenvalue weighted by Gasteiger charge is -2.02. The molecule has 0 radical (unpaired) electrons. The van der Waals surface area contributed by atoms with Crippen LogP contribution in [0.2, 0.25) is 10.0 Å². The van der Waals surface area contributed by atoms with Gasteiger partial charge >= 0.3 is 5.97 Å². The molecule has 0 saturated carbocycles. The van der Waals surface area contributed by atoms with Crippen molar-refractivity contribution in [2.75, 3.05) is 0 Å². The molecule has 5 nitrogen and oxygen atoms in total. The molecule has 0 saturated heterocycles. The second kappa shape index (κ2) is 5.63. The van der Waals surface area contributed by atoms with Crippen LogP contribution in [0.15, 0.2) is 23.8 Å². The van der Waals surface area contributed by atoms with Gasteiger partial charge in [0, 0.05) is 5.38 Å². The van der Waals surface area contributed by atoms with Gasteiger partial charge in [-0.2, -0.15) is 0 Å². The van der Waals surface area contributed by atoms with Crippen molar-refractivity contribution in [1.29, 1.82) is 0 Å². The summed E-state index contributed by atoms with van der Waals surface area (Å²) in [4.78, 5) is 19.2. The highest BCUT2D eigenvalue weighted by molar-refractivity contribution is 7.09. The van der Waals surface area contributed by atoms with Crippen LogP contribution < -0.4 is 0 Å². The highest BCUT2D eigenvalue weighted by Crippen LogP contribution is 2.27. The van der Waals surface area contributed by atoms with Crippen molar-refractivity contribution in [3.05, 3.63) is 44.6 Å². The number of fused-ring (bicyclic) bond motifs is 1. The molecule has 108 valence electrons. The number of imidazole rings is 1. The molecule has 0 aliphatic carbocycles. The number of hydrogen-bond acceptors (Lipinski definition) is 4. The van der Waals surface area contributed by atoms with Crippen LogP contribution in [0.3, 0.4) is 0 Å². The summed E-state index contributed by atoms with van der Waals surface area (Å²) in [6.07, 6.45) is 1.62. The fourth-order valence-electron chi connectivity index (χ4n) is 1.98. The van der Waals surface area contributed by atoms with E-state index in [4.69, 9.17) is 28.3 Å². The number of aliphatic carboxylic acids is 1. The molecule has 0 fully saturated rings. The zero-order chi connectivity index (χ0) is 15.0. The van der Waals surface area contributed by atoms with Crippen molar-refractivity contribution in [3.63, 3.8) is 0 Å². The maximum atomic E-state index is 10.7. The molecule has 0 aliphatic heterocycles. The molecule has 3 aromatic rings. The molecular formula is C13H9Cl2N3O2S. The van der Waals surface area contributed by atoms with E-state index in [9.17, 15) is 4.79 Å². The second-order valence-corrected chi connectivity index (χ2v) is 6.19. The lowest BCUT2D eigenvalue weighted by Crippen LogP contribution is -2.02. The van der Waals surface area contributed by atoms with E-state index in [-0.39, 0.29) is 6.42 Å². The van der Waals surface area contributed by atoms with Gasteiger partial charge in [0.05, 0.1) is 46.1 Å². The monoisotopic (exact) mass is 341 g/mol. The first kappa shape index (κ1) is 14.3. The Morgan fingerprint density at radius 2 is 2.10 bits per heavy atom. The molecule has 2 aromatic heterocycles. The van der Waals surface area contributed by atoms with Gasteiger partial charge in [0.25, 0.3) is 0 Å². The van der Waals surface area contributed by atoms with Gasteiger partial charge in [-0.1, -0.05) is 23.2 Å². The molecule has 1 N–H and O–H groups in total. The zero-order valence-electron chi connectivity index (χ0n) is 10.6. The van der Waals surface area contributed by atoms with E-state index in [1.807, 2.05) is 4.57 Å². The number of aromatic nitrogens is 3. The third-order valence-electron chi connectivity index (χ3n) is 2.90. The fourth-order valence-corrected chi connectivity index (χ4v) is 3.09. The molecule has 2 heterocycles. The van der Waals surface area contributed by atoms with Crippen LogP contribution in [-0.2, 0) is 17.8 Å². The Labute approximate surface area is 133 Å². The molecule has 0 unspecified atom stereocenters. The Bertz CT molecular complexity index is 828. The second-order valence-electron chi connectivity index (χ2n) is 4.43. The Balaban J connectivity index is 1.89. The minimum atomic E-state index is -0.888. The average molecular weight is 342 g/mol. The molecule has 0 atom stereocenters. The Kier molecular flexibility index (Phi) is 3.84. The quantitative estimate of drug-likeness (QED) is 0.788. The highest BCUT2D eigenvalue weighted by Gasteiger charge is 2.10. The van der Waals surface area contributed by atoms with Gasteiger partial charge in [-0.05, 0) is 12.1 Å². The van der Waals surface area contributed by atoms with Gasteiger partial charge < -0.3 is 9.67 Å². The van der Waals surface area contributed by atoms with Crippen LogP contribution in [-0.4, -0.2) is 25.6 Å². The lowest BCUT2D eigenvalue weighted by molar-refractivity contribution is -0.136.